The summed E-state index contributed by atoms with van der Waals surface area (Å²) in [4.78, 5) is 14.0. The number of aryl methyl sites for hydroxylation is 1. The van der Waals surface area contributed by atoms with Gasteiger partial charge in [-0.2, -0.15) is 5.26 Å². The summed E-state index contributed by atoms with van der Waals surface area (Å²) < 4.78 is 12.2. The fourth-order valence-electron chi connectivity index (χ4n) is 2.55. The average Bonchev–Trinajstić information content (AvgIpc) is 2.83. The van der Waals surface area contributed by atoms with Gasteiger partial charge < -0.3 is 18.9 Å². The van der Waals surface area contributed by atoms with Gasteiger partial charge in [-0.15, -0.1) is 0 Å². The van der Waals surface area contributed by atoms with Crippen LogP contribution in [0.25, 0.3) is 6.08 Å². The summed E-state index contributed by atoms with van der Waals surface area (Å²) in [6, 6.07) is 4.01. The van der Waals surface area contributed by atoms with E-state index in [0.29, 0.717) is 19.8 Å². The summed E-state index contributed by atoms with van der Waals surface area (Å²) in [6.07, 6.45) is 2.41. The normalized spacial score (nSPS) is 11.4. The number of carbonyl (C=O) groups is 1. The molecule has 0 aromatic carbocycles. The van der Waals surface area contributed by atoms with Crippen molar-refractivity contribution in [1.29, 1.82) is 5.26 Å². The van der Waals surface area contributed by atoms with Gasteiger partial charge in [0.1, 0.15) is 11.6 Å². The topological polar surface area (TPSA) is 67.5 Å². The van der Waals surface area contributed by atoms with E-state index in [1.165, 1.54) is 0 Å². The monoisotopic (exact) mass is 333 g/mol. The van der Waals surface area contributed by atoms with Crippen LogP contribution in [-0.2, 0) is 20.8 Å². The molecule has 1 amide bonds. The molecule has 0 atom stereocenters. The molecule has 6 heteroatoms. The summed E-state index contributed by atoms with van der Waals surface area (Å²) in [6.45, 7) is 6.49. The summed E-state index contributed by atoms with van der Waals surface area (Å²) in [5.41, 5.74) is 3.13. The SMILES string of the molecule is COCCCN(C)C(=O)/C(C#N)=C/c1cc(C)n(CCOC)c1C. The van der Waals surface area contributed by atoms with Gasteiger partial charge in [0.25, 0.3) is 5.91 Å². The summed E-state index contributed by atoms with van der Waals surface area (Å²) in [7, 11) is 4.99. The molecule has 0 aliphatic rings. The number of likely N-dealkylation sites (N-methyl/N-ethyl adjacent to an activating group) is 1. The number of nitriles is 1. The Morgan fingerprint density at radius 3 is 2.58 bits per heavy atom. The summed E-state index contributed by atoms with van der Waals surface area (Å²) in [5.74, 6) is -0.268. The lowest BCUT2D eigenvalue weighted by atomic mass is 10.1. The molecular weight excluding hydrogens is 306 g/mol. The van der Waals surface area contributed by atoms with Crippen LogP contribution in [-0.4, -0.2) is 56.4 Å². The highest BCUT2D eigenvalue weighted by Gasteiger charge is 2.16. The van der Waals surface area contributed by atoms with Crippen LogP contribution in [0.3, 0.4) is 0 Å². The van der Waals surface area contributed by atoms with Crippen molar-refractivity contribution in [3.8, 4) is 6.07 Å². The molecule has 1 heterocycles. The standard InChI is InChI=1S/C18H27N3O3/c1-14-11-16(15(2)21(14)8-10-24-5)12-17(13-19)18(22)20(3)7-6-9-23-4/h11-12H,6-10H2,1-5H3/b17-12+. The van der Waals surface area contributed by atoms with E-state index in [0.717, 1.165) is 29.9 Å². The third kappa shape index (κ3) is 5.22. The van der Waals surface area contributed by atoms with Gasteiger partial charge in [0.05, 0.1) is 6.61 Å². The quantitative estimate of drug-likeness (QED) is 0.394. The Balaban J connectivity index is 2.96. The number of carbonyl (C=O) groups excluding carboxylic acids is 1. The van der Waals surface area contributed by atoms with Crippen LogP contribution >= 0.6 is 0 Å². The van der Waals surface area contributed by atoms with Crippen LogP contribution in [0.4, 0.5) is 0 Å². The predicted molar refractivity (Wildman–Crippen MR) is 93.5 cm³/mol. The van der Waals surface area contributed by atoms with Crippen LogP contribution in [0.15, 0.2) is 11.6 Å². The molecule has 6 nitrogen and oxygen atoms in total. The molecule has 0 aliphatic heterocycles. The molecule has 0 N–H and O–H groups in total. The maximum Gasteiger partial charge on any atom is 0.264 e. The van der Waals surface area contributed by atoms with E-state index >= 15 is 0 Å². The molecule has 0 spiro atoms. The fraction of sp³-hybridized carbons (Fsp3) is 0.556. The molecule has 1 rings (SSSR count). The maximum absolute atomic E-state index is 12.4. The van der Waals surface area contributed by atoms with Crippen molar-refractivity contribution in [2.45, 2.75) is 26.8 Å². The minimum absolute atomic E-state index is 0.141. The van der Waals surface area contributed by atoms with Crippen molar-refractivity contribution in [3.63, 3.8) is 0 Å². The van der Waals surface area contributed by atoms with Gasteiger partial charge in [-0.05, 0) is 38.0 Å². The van der Waals surface area contributed by atoms with Gasteiger partial charge >= 0.3 is 0 Å². The van der Waals surface area contributed by atoms with Crippen molar-refractivity contribution < 1.29 is 14.3 Å². The van der Waals surface area contributed by atoms with Crippen molar-refractivity contribution >= 4 is 12.0 Å². The predicted octanol–water partition coefficient (Wildman–Crippen LogP) is 2.15. The Hall–Kier alpha value is -2.10. The molecule has 0 fully saturated rings. The zero-order valence-corrected chi connectivity index (χ0v) is 15.3. The van der Waals surface area contributed by atoms with Gasteiger partial charge in [0.15, 0.2) is 0 Å². The third-order valence-corrected chi connectivity index (χ3v) is 3.97. The van der Waals surface area contributed by atoms with Gasteiger partial charge in [0.2, 0.25) is 0 Å². The summed E-state index contributed by atoms with van der Waals surface area (Å²) in [5, 5.41) is 9.37. The van der Waals surface area contributed by atoms with E-state index in [4.69, 9.17) is 9.47 Å². The van der Waals surface area contributed by atoms with E-state index in [2.05, 4.69) is 4.57 Å². The number of aromatic nitrogens is 1. The van der Waals surface area contributed by atoms with Gasteiger partial charge in [-0.1, -0.05) is 0 Å². The maximum atomic E-state index is 12.4. The lowest BCUT2D eigenvalue weighted by molar-refractivity contribution is -0.125. The van der Waals surface area contributed by atoms with E-state index in [1.54, 1.807) is 32.2 Å². The Morgan fingerprint density at radius 1 is 1.33 bits per heavy atom. The molecule has 132 valence electrons. The van der Waals surface area contributed by atoms with Crippen molar-refractivity contribution in [3.05, 3.63) is 28.6 Å². The number of rotatable bonds is 9. The van der Waals surface area contributed by atoms with E-state index in [1.807, 2.05) is 26.0 Å². The van der Waals surface area contributed by atoms with Crippen molar-refractivity contribution in [1.82, 2.24) is 9.47 Å². The zero-order valence-electron chi connectivity index (χ0n) is 15.3. The van der Waals surface area contributed by atoms with Crippen LogP contribution in [0.5, 0.6) is 0 Å². The highest BCUT2D eigenvalue weighted by atomic mass is 16.5. The van der Waals surface area contributed by atoms with E-state index in [9.17, 15) is 10.1 Å². The molecule has 24 heavy (non-hydrogen) atoms. The van der Waals surface area contributed by atoms with Crippen LogP contribution in [0, 0.1) is 25.2 Å². The van der Waals surface area contributed by atoms with E-state index < -0.39 is 0 Å². The first-order valence-corrected chi connectivity index (χ1v) is 7.98. The second-order valence-electron chi connectivity index (χ2n) is 5.71. The minimum Gasteiger partial charge on any atom is -0.385 e. The molecule has 0 unspecified atom stereocenters. The van der Waals surface area contributed by atoms with Gasteiger partial charge in [0, 0.05) is 52.4 Å². The van der Waals surface area contributed by atoms with Crippen LogP contribution in [0.2, 0.25) is 0 Å². The second-order valence-corrected chi connectivity index (χ2v) is 5.71. The van der Waals surface area contributed by atoms with Crippen LogP contribution < -0.4 is 0 Å². The lowest BCUT2D eigenvalue weighted by Crippen LogP contribution is -2.29. The Kier molecular flexibility index (Phi) is 8.24. The van der Waals surface area contributed by atoms with E-state index in [-0.39, 0.29) is 11.5 Å². The molecule has 0 saturated heterocycles. The third-order valence-electron chi connectivity index (χ3n) is 3.97. The first kappa shape index (κ1) is 19.9. The first-order chi connectivity index (χ1) is 11.5. The van der Waals surface area contributed by atoms with Crippen LogP contribution in [0.1, 0.15) is 23.4 Å². The highest BCUT2D eigenvalue weighted by molar-refractivity contribution is 6.01. The number of methoxy groups -OCH3 is 2. The molecular formula is C18H27N3O3. The first-order valence-electron chi connectivity index (χ1n) is 7.98. The molecule has 0 radical (unpaired) electrons. The Labute approximate surface area is 144 Å². The highest BCUT2D eigenvalue weighted by Crippen LogP contribution is 2.19. The van der Waals surface area contributed by atoms with Gasteiger partial charge in [-0.25, -0.2) is 0 Å². The average molecular weight is 333 g/mol. The number of nitrogens with zero attached hydrogens (tertiary/aromatic N) is 3. The smallest absolute Gasteiger partial charge is 0.264 e. The van der Waals surface area contributed by atoms with Gasteiger partial charge in [-0.3, -0.25) is 4.79 Å². The zero-order chi connectivity index (χ0) is 18.1. The Bertz CT molecular complexity index is 626. The molecule has 1 aromatic rings. The second kappa shape index (κ2) is 9.91. The molecule has 1 aromatic heterocycles. The minimum atomic E-state index is -0.268. The number of hydrogen-bond donors (Lipinski definition) is 0. The molecule has 0 saturated carbocycles. The largest absolute Gasteiger partial charge is 0.385 e. The summed E-state index contributed by atoms with van der Waals surface area (Å²) >= 11 is 0. The lowest BCUT2D eigenvalue weighted by Gasteiger charge is -2.16. The number of amides is 1. The number of hydrogen-bond acceptors (Lipinski definition) is 4. The van der Waals surface area contributed by atoms with Crippen molar-refractivity contribution in [2.75, 3.05) is 41.0 Å². The number of ether oxygens (including phenoxy) is 2. The molecule has 0 bridgehead atoms. The van der Waals surface area contributed by atoms with Crippen molar-refractivity contribution in [2.24, 2.45) is 0 Å². The molecule has 0 aliphatic carbocycles. The fourth-order valence-corrected chi connectivity index (χ4v) is 2.55. The Morgan fingerprint density at radius 2 is 2.00 bits per heavy atom.